The number of hydrogen-bond donors (Lipinski definition) is 1. The highest BCUT2D eigenvalue weighted by Crippen LogP contribution is 2.30. The van der Waals surface area contributed by atoms with Crippen molar-refractivity contribution >= 4 is 16.9 Å². The summed E-state index contributed by atoms with van der Waals surface area (Å²) in [6.45, 7) is 2.95. The third-order valence-electron chi connectivity index (χ3n) is 3.81. The standard InChI is InChI=1S/C14H17N3O/c1-2-12(10-7-14(18)15-8-10)17-9-16-11-5-3-4-6-13(11)17/h3-6,9-10,12H,2,7-8H2,1H3,(H,15,18). The van der Waals surface area contributed by atoms with Crippen molar-refractivity contribution in [3.05, 3.63) is 30.6 Å². The Balaban J connectivity index is 1.98. The molecule has 0 spiro atoms. The molecule has 0 saturated carbocycles. The highest BCUT2D eigenvalue weighted by molar-refractivity contribution is 5.78. The maximum Gasteiger partial charge on any atom is 0.220 e. The summed E-state index contributed by atoms with van der Waals surface area (Å²) in [4.78, 5) is 15.8. The van der Waals surface area contributed by atoms with Crippen molar-refractivity contribution in [2.45, 2.75) is 25.8 Å². The minimum atomic E-state index is 0.169. The maximum atomic E-state index is 11.4. The van der Waals surface area contributed by atoms with Crippen molar-refractivity contribution in [2.24, 2.45) is 5.92 Å². The lowest BCUT2D eigenvalue weighted by Gasteiger charge is -2.23. The van der Waals surface area contributed by atoms with Crippen LogP contribution in [0.4, 0.5) is 0 Å². The van der Waals surface area contributed by atoms with Gasteiger partial charge in [0.15, 0.2) is 0 Å². The van der Waals surface area contributed by atoms with Crippen LogP contribution >= 0.6 is 0 Å². The van der Waals surface area contributed by atoms with Crippen LogP contribution in [-0.4, -0.2) is 22.0 Å². The van der Waals surface area contributed by atoms with Gasteiger partial charge in [-0.25, -0.2) is 4.98 Å². The van der Waals surface area contributed by atoms with E-state index in [9.17, 15) is 4.79 Å². The molecule has 0 aliphatic carbocycles. The molecule has 1 saturated heterocycles. The summed E-state index contributed by atoms with van der Waals surface area (Å²) in [6, 6.07) is 8.49. The Labute approximate surface area is 106 Å². The van der Waals surface area contributed by atoms with Crippen molar-refractivity contribution < 1.29 is 4.79 Å². The Kier molecular flexibility index (Phi) is 2.78. The van der Waals surface area contributed by atoms with E-state index in [-0.39, 0.29) is 5.91 Å². The summed E-state index contributed by atoms with van der Waals surface area (Å²) >= 11 is 0. The van der Waals surface area contributed by atoms with Crippen molar-refractivity contribution in [1.82, 2.24) is 14.9 Å². The predicted octanol–water partition coefficient (Wildman–Crippen LogP) is 2.12. The van der Waals surface area contributed by atoms with E-state index in [4.69, 9.17) is 0 Å². The molecule has 18 heavy (non-hydrogen) atoms. The van der Waals surface area contributed by atoms with Crippen LogP contribution in [0.3, 0.4) is 0 Å². The molecule has 2 atom stereocenters. The molecule has 1 amide bonds. The van der Waals surface area contributed by atoms with Crippen LogP contribution in [0, 0.1) is 5.92 Å². The Hall–Kier alpha value is -1.84. The third kappa shape index (κ3) is 1.78. The Bertz CT molecular complexity index is 575. The van der Waals surface area contributed by atoms with E-state index in [0.29, 0.717) is 18.4 Å². The lowest BCUT2D eigenvalue weighted by atomic mass is 9.96. The molecule has 0 radical (unpaired) electrons. The van der Waals surface area contributed by atoms with E-state index >= 15 is 0 Å². The Morgan fingerprint density at radius 3 is 3.06 bits per heavy atom. The fourth-order valence-corrected chi connectivity index (χ4v) is 2.90. The first-order valence-electron chi connectivity index (χ1n) is 6.48. The lowest BCUT2D eigenvalue weighted by molar-refractivity contribution is -0.119. The fraction of sp³-hybridized carbons (Fsp3) is 0.429. The van der Waals surface area contributed by atoms with Gasteiger partial charge in [0.1, 0.15) is 0 Å². The van der Waals surface area contributed by atoms with Gasteiger partial charge in [-0.05, 0) is 18.6 Å². The third-order valence-corrected chi connectivity index (χ3v) is 3.81. The SMILES string of the molecule is CCC(C1CNC(=O)C1)n1cnc2ccccc21. The molecule has 1 N–H and O–H groups in total. The molecular weight excluding hydrogens is 226 g/mol. The second-order valence-electron chi connectivity index (χ2n) is 4.88. The number of benzene rings is 1. The summed E-state index contributed by atoms with van der Waals surface area (Å²) in [7, 11) is 0. The zero-order chi connectivity index (χ0) is 12.5. The molecule has 3 rings (SSSR count). The number of amides is 1. The second kappa shape index (κ2) is 4.44. The van der Waals surface area contributed by atoms with Crippen LogP contribution in [0.1, 0.15) is 25.8 Å². The van der Waals surface area contributed by atoms with Gasteiger partial charge < -0.3 is 9.88 Å². The minimum Gasteiger partial charge on any atom is -0.356 e. The number of rotatable bonds is 3. The second-order valence-corrected chi connectivity index (χ2v) is 4.88. The number of nitrogens with one attached hydrogen (secondary N) is 1. The van der Waals surface area contributed by atoms with Gasteiger partial charge in [-0.3, -0.25) is 4.79 Å². The number of carbonyl (C=O) groups excluding carboxylic acids is 1. The van der Waals surface area contributed by atoms with Crippen molar-refractivity contribution in [2.75, 3.05) is 6.54 Å². The highest BCUT2D eigenvalue weighted by Gasteiger charge is 2.29. The smallest absolute Gasteiger partial charge is 0.220 e. The molecule has 1 aromatic heterocycles. The Morgan fingerprint density at radius 1 is 1.50 bits per heavy atom. The van der Waals surface area contributed by atoms with Gasteiger partial charge in [-0.2, -0.15) is 0 Å². The van der Waals surface area contributed by atoms with Crippen LogP contribution in [0.2, 0.25) is 0 Å². The summed E-state index contributed by atoms with van der Waals surface area (Å²) in [5.41, 5.74) is 2.18. The zero-order valence-corrected chi connectivity index (χ0v) is 10.5. The van der Waals surface area contributed by atoms with Gasteiger partial charge >= 0.3 is 0 Å². The number of para-hydroxylation sites is 2. The summed E-state index contributed by atoms with van der Waals surface area (Å²) in [5, 5.41) is 2.92. The van der Waals surface area contributed by atoms with Crippen molar-refractivity contribution in [3.8, 4) is 0 Å². The van der Waals surface area contributed by atoms with E-state index in [2.05, 4.69) is 27.9 Å². The average Bonchev–Trinajstić information content (AvgIpc) is 2.98. The topological polar surface area (TPSA) is 46.9 Å². The lowest BCUT2D eigenvalue weighted by Crippen LogP contribution is -2.21. The number of carbonyl (C=O) groups is 1. The molecule has 4 heteroatoms. The van der Waals surface area contributed by atoms with Gasteiger partial charge in [0, 0.05) is 24.9 Å². The van der Waals surface area contributed by atoms with Crippen molar-refractivity contribution in [3.63, 3.8) is 0 Å². The molecule has 0 bridgehead atoms. The van der Waals surface area contributed by atoms with Gasteiger partial charge in [-0.1, -0.05) is 19.1 Å². The summed E-state index contributed by atoms with van der Waals surface area (Å²) < 4.78 is 2.22. The molecular formula is C14H17N3O. The fourth-order valence-electron chi connectivity index (χ4n) is 2.90. The first kappa shape index (κ1) is 11.3. The molecule has 2 aromatic rings. The number of imidazole rings is 1. The maximum absolute atomic E-state index is 11.4. The molecule has 1 fully saturated rings. The average molecular weight is 243 g/mol. The van der Waals surface area contributed by atoms with Gasteiger partial charge in [0.2, 0.25) is 5.91 Å². The first-order chi connectivity index (χ1) is 8.79. The number of fused-ring (bicyclic) bond motifs is 1. The van der Waals surface area contributed by atoms with E-state index < -0.39 is 0 Å². The van der Waals surface area contributed by atoms with Gasteiger partial charge in [-0.15, -0.1) is 0 Å². The van der Waals surface area contributed by atoms with Crippen LogP contribution in [0.25, 0.3) is 11.0 Å². The molecule has 4 nitrogen and oxygen atoms in total. The largest absolute Gasteiger partial charge is 0.356 e. The summed E-state index contributed by atoms with van der Waals surface area (Å²) in [6.07, 6.45) is 3.55. The molecule has 1 aliphatic rings. The van der Waals surface area contributed by atoms with E-state index in [1.807, 2.05) is 24.5 Å². The number of hydrogen-bond acceptors (Lipinski definition) is 2. The minimum absolute atomic E-state index is 0.169. The van der Waals surface area contributed by atoms with Crippen LogP contribution in [0.15, 0.2) is 30.6 Å². The van der Waals surface area contributed by atoms with Crippen LogP contribution in [0.5, 0.6) is 0 Å². The molecule has 94 valence electrons. The Morgan fingerprint density at radius 2 is 2.33 bits per heavy atom. The molecule has 2 unspecified atom stereocenters. The summed E-state index contributed by atoms with van der Waals surface area (Å²) in [5.74, 6) is 0.544. The molecule has 1 aliphatic heterocycles. The number of nitrogens with zero attached hydrogens (tertiary/aromatic N) is 2. The monoisotopic (exact) mass is 243 g/mol. The first-order valence-corrected chi connectivity index (χ1v) is 6.48. The van der Waals surface area contributed by atoms with Gasteiger partial charge in [0.25, 0.3) is 0 Å². The number of aromatic nitrogens is 2. The predicted molar refractivity (Wildman–Crippen MR) is 70.2 cm³/mol. The van der Waals surface area contributed by atoms with Crippen molar-refractivity contribution in [1.29, 1.82) is 0 Å². The van der Waals surface area contributed by atoms with E-state index in [1.165, 1.54) is 0 Å². The molecule has 1 aromatic carbocycles. The van der Waals surface area contributed by atoms with Gasteiger partial charge in [0.05, 0.1) is 17.4 Å². The zero-order valence-electron chi connectivity index (χ0n) is 10.5. The normalized spacial score (nSPS) is 21.2. The van der Waals surface area contributed by atoms with Crippen LogP contribution in [-0.2, 0) is 4.79 Å². The highest BCUT2D eigenvalue weighted by atomic mass is 16.1. The quantitative estimate of drug-likeness (QED) is 0.897. The van der Waals surface area contributed by atoms with E-state index in [1.54, 1.807) is 0 Å². The molecule has 2 heterocycles. The van der Waals surface area contributed by atoms with Crippen LogP contribution < -0.4 is 5.32 Å². The van der Waals surface area contributed by atoms with E-state index in [0.717, 1.165) is 24.0 Å².